The van der Waals surface area contributed by atoms with Crippen LogP contribution in [0, 0.1) is 6.92 Å². The summed E-state index contributed by atoms with van der Waals surface area (Å²) in [5, 5.41) is 6.15. The molecule has 0 aromatic heterocycles. The van der Waals surface area contributed by atoms with Crippen molar-refractivity contribution in [3.05, 3.63) is 63.6 Å². The summed E-state index contributed by atoms with van der Waals surface area (Å²) in [6.45, 7) is 4.06. The van der Waals surface area contributed by atoms with Gasteiger partial charge in [-0.3, -0.25) is 4.79 Å². The summed E-state index contributed by atoms with van der Waals surface area (Å²) in [5.74, 6) is -0.0651. The summed E-state index contributed by atoms with van der Waals surface area (Å²) in [6, 6.07) is 14.0. The Morgan fingerprint density at radius 3 is 2.52 bits per heavy atom. The fourth-order valence-corrected chi connectivity index (χ4v) is 2.94. The molecular weight excluding hydrogens is 328 g/mol. The van der Waals surface area contributed by atoms with Crippen LogP contribution < -0.4 is 10.6 Å². The Hall–Kier alpha value is -1.81. The van der Waals surface area contributed by atoms with E-state index in [4.69, 9.17) is 0 Å². The molecule has 2 rings (SSSR count). The first-order valence-corrected chi connectivity index (χ1v) is 7.66. The first-order chi connectivity index (χ1) is 10.0. The van der Waals surface area contributed by atoms with Crippen LogP contribution in [0.5, 0.6) is 0 Å². The van der Waals surface area contributed by atoms with Gasteiger partial charge in [-0.25, -0.2) is 0 Å². The predicted octanol–water partition coefficient (Wildman–Crippen LogP) is 4.29. The van der Waals surface area contributed by atoms with Crippen molar-refractivity contribution in [3.8, 4) is 0 Å². The second-order valence-electron chi connectivity index (χ2n) is 4.94. The number of amides is 1. The maximum absolute atomic E-state index is 11.8. The van der Waals surface area contributed by atoms with Crippen molar-refractivity contribution in [1.29, 1.82) is 0 Å². The molecule has 0 aliphatic heterocycles. The molecule has 1 amide bonds. The van der Waals surface area contributed by atoms with E-state index < -0.39 is 0 Å². The van der Waals surface area contributed by atoms with Gasteiger partial charge in [0, 0.05) is 28.8 Å². The average Bonchev–Trinajstić information content (AvgIpc) is 2.49. The van der Waals surface area contributed by atoms with Gasteiger partial charge in [-0.05, 0) is 43.2 Å². The molecule has 1 atom stereocenters. The number of anilines is 1. The highest BCUT2D eigenvalue weighted by atomic mass is 79.9. The van der Waals surface area contributed by atoms with E-state index in [-0.39, 0.29) is 11.9 Å². The summed E-state index contributed by atoms with van der Waals surface area (Å²) in [6.07, 6.45) is 0. The number of rotatable bonds is 4. The van der Waals surface area contributed by atoms with E-state index in [2.05, 4.69) is 39.6 Å². The zero-order valence-corrected chi connectivity index (χ0v) is 14.0. The third-order valence-electron chi connectivity index (χ3n) is 3.55. The van der Waals surface area contributed by atoms with Gasteiger partial charge in [-0.15, -0.1) is 0 Å². The second kappa shape index (κ2) is 6.76. The maximum Gasteiger partial charge on any atom is 0.251 e. The van der Waals surface area contributed by atoms with E-state index in [9.17, 15) is 4.79 Å². The van der Waals surface area contributed by atoms with Gasteiger partial charge in [0.1, 0.15) is 0 Å². The van der Waals surface area contributed by atoms with Gasteiger partial charge in [0.05, 0.1) is 0 Å². The van der Waals surface area contributed by atoms with Gasteiger partial charge >= 0.3 is 0 Å². The summed E-state index contributed by atoms with van der Waals surface area (Å²) in [4.78, 5) is 11.8. The van der Waals surface area contributed by atoms with Crippen LogP contribution in [-0.2, 0) is 0 Å². The highest BCUT2D eigenvalue weighted by Crippen LogP contribution is 2.28. The van der Waals surface area contributed by atoms with E-state index in [1.54, 1.807) is 7.05 Å². The first-order valence-electron chi connectivity index (χ1n) is 6.87. The zero-order valence-electron chi connectivity index (χ0n) is 12.4. The summed E-state index contributed by atoms with van der Waals surface area (Å²) in [7, 11) is 1.64. The number of hydrogen-bond donors (Lipinski definition) is 2. The van der Waals surface area contributed by atoms with Crippen molar-refractivity contribution in [2.75, 3.05) is 12.4 Å². The second-order valence-corrected chi connectivity index (χ2v) is 5.80. The summed E-state index contributed by atoms with van der Waals surface area (Å²) >= 11 is 3.57. The molecule has 0 aliphatic rings. The van der Waals surface area contributed by atoms with Crippen molar-refractivity contribution < 1.29 is 4.79 Å². The molecule has 21 heavy (non-hydrogen) atoms. The number of nitrogens with one attached hydrogen (secondary N) is 2. The van der Waals surface area contributed by atoms with Crippen LogP contribution in [0.15, 0.2) is 46.9 Å². The van der Waals surface area contributed by atoms with E-state index in [1.807, 2.05) is 43.3 Å². The lowest BCUT2D eigenvalue weighted by molar-refractivity contribution is 0.0962. The van der Waals surface area contributed by atoms with Crippen LogP contribution in [0.3, 0.4) is 0 Å². The Bertz CT molecular complexity index is 655. The molecule has 3 nitrogen and oxygen atoms in total. The Labute approximate surface area is 133 Å². The number of benzene rings is 2. The standard InChI is InChI=1S/C17H19BrN2O/c1-11-13(17(21)19-3)8-6-10-16(11)20-12(2)14-7-4-5-9-15(14)18/h4-10,12,20H,1-3H3,(H,19,21). The molecule has 0 bridgehead atoms. The van der Waals surface area contributed by atoms with Crippen LogP contribution in [0.4, 0.5) is 5.69 Å². The van der Waals surface area contributed by atoms with Gasteiger partial charge in [-0.1, -0.05) is 40.2 Å². The van der Waals surface area contributed by atoms with Gasteiger partial charge in [0.2, 0.25) is 0 Å². The Kier molecular flexibility index (Phi) is 5.02. The Morgan fingerprint density at radius 2 is 1.86 bits per heavy atom. The van der Waals surface area contributed by atoms with Crippen molar-refractivity contribution in [2.24, 2.45) is 0 Å². The highest BCUT2D eigenvalue weighted by molar-refractivity contribution is 9.10. The van der Waals surface area contributed by atoms with Crippen molar-refractivity contribution in [1.82, 2.24) is 5.32 Å². The minimum atomic E-state index is -0.0651. The number of carbonyl (C=O) groups is 1. The van der Waals surface area contributed by atoms with Gasteiger partial charge in [0.15, 0.2) is 0 Å². The molecule has 0 saturated carbocycles. The molecule has 2 aromatic carbocycles. The molecule has 4 heteroatoms. The number of hydrogen-bond acceptors (Lipinski definition) is 2. The van der Waals surface area contributed by atoms with Gasteiger partial charge < -0.3 is 10.6 Å². The minimum absolute atomic E-state index is 0.0651. The SMILES string of the molecule is CNC(=O)c1cccc(NC(C)c2ccccc2Br)c1C. The zero-order chi connectivity index (χ0) is 15.4. The molecule has 2 aromatic rings. The van der Waals surface area contributed by atoms with Crippen LogP contribution in [0.25, 0.3) is 0 Å². The summed E-state index contributed by atoms with van der Waals surface area (Å²) < 4.78 is 1.07. The highest BCUT2D eigenvalue weighted by Gasteiger charge is 2.13. The lowest BCUT2D eigenvalue weighted by Gasteiger charge is -2.19. The first kappa shape index (κ1) is 15.6. The maximum atomic E-state index is 11.8. The topological polar surface area (TPSA) is 41.1 Å². The van der Waals surface area contributed by atoms with E-state index in [0.717, 1.165) is 15.7 Å². The van der Waals surface area contributed by atoms with Gasteiger partial charge in [-0.2, -0.15) is 0 Å². The Balaban J connectivity index is 2.28. The van der Waals surface area contributed by atoms with E-state index >= 15 is 0 Å². The van der Waals surface area contributed by atoms with Crippen LogP contribution in [0.2, 0.25) is 0 Å². The molecule has 0 aliphatic carbocycles. The smallest absolute Gasteiger partial charge is 0.251 e. The predicted molar refractivity (Wildman–Crippen MR) is 90.7 cm³/mol. The average molecular weight is 347 g/mol. The van der Waals surface area contributed by atoms with Crippen LogP contribution in [0.1, 0.15) is 34.5 Å². The van der Waals surface area contributed by atoms with E-state index in [1.165, 1.54) is 5.56 Å². The number of halogens is 1. The van der Waals surface area contributed by atoms with Gasteiger partial charge in [0.25, 0.3) is 5.91 Å². The molecular formula is C17H19BrN2O. The van der Waals surface area contributed by atoms with Crippen molar-refractivity contribution in [2.45, 2.75) is 19.9 Å². The number of carbonyl (C=O) groups excluding carboxylic acids is 1. The van der Waals surface area contributed by atoms with Crippen LogP contribution in [-0.4, -0.2) is 13.0 Å². The molecule has 110 valence electrons. The quantitative estimate of drug-likeness (QED) is 0.866. The largest absolute Gasteiger partial charge is 0.378 e. The monoisotopic (exact) mass is 346 g/mol. The summed E-state index contributed by atoms with van der Waals surface area (Å²) in [5.41, 5.74) is 3.80. The van der Waals surface area contributed by atoms with E-state index in [0.29, 0.717) is 5.56 Å². The lowest BCUT2D eigenvalue weighted by atomic mass is 10.0. The van der Waals surface area contributed by atoms with Crippen molar-refractivity contribution in [3.63, 3.8) is 0 Å². The Morgan fingerprint density at radius 1 is 1.14 bits per heavy atom. The molecule has 2 N–H and O–H groups in total. The minimum Gasteiger partial charge on any atom is -0.378 e. The van der Waals surface area contributed by atoms with Crippen molar-refractivity contribution >= 4 is 27.5 Å². The molecule has 0 saturated heterocycles. The molecule has 0 fully saturated rings. The molecule has 0 spiro atoms. The fourth-order valence-electron chi connectivity index (χ4n) is 2.31. The normalized spacial score (nSPS) is 11.8. The molecule has 0 heterocycles. The fraction of sp³-hybridized carbons (Fsp3) is 0.235. The third-order valence-corrected chi connectivity index (χ3v) is 4.27. The van der Waals surface area contributed by atoms with Crippen LogP contribution >= 0.6 is 15.9 Å². The molecule has 1 unspecified atom stereocenters. The third kappa shape index (κ3) is 3.45. The lowest BCUT2D eigenvalue weighted by Crippen LogP contribution is -2.19. The molecule has 0 radical (unpaired) electrons.